The van der Waals surface area contributed by atoms with Gasteiger partial charge in [0.15, 0.2) is 11.0 Å². The van der Waals surface area contributed by atoms with Crippen LogP contribution >= 0.6 is 23.4 Å². The van der Waals surface area contributed by atoms with E-state index < -0.39 is 0 Å². The summed E-state index contributed by atoms with van der Waals surface area (Å²) in [6.45, 7) is 4.93. The second-order valence-electron chi connectivity index (χ2n) is 6.28. The van der Waals surface area contributed by atoms with Crippen LogP contribution in [0, 0.1) is 6.92 Å². The normalized spacial score (nSPS) is 12.3. The summed E-state index contributed by atoms with van der Waals surface area (Å²) in [6, 6.07) is 16.1. The van der Waals surface area contributed by atoms with Gasteiger partial charge in [-0.05, 0) is 42.4 Å². The Labute approximate surface area is 163 Å². The zero-order valence-corrected chi connectivity index (χ0v) is 16.6. The molecule has 3 rings (SSSR count). The van der Waals surface area contributed by atoms with Gasteiger partial charge in [-0.2, -0.15) is 0 Å². The predicted octanol–water partition coefficient (Wildman–Crippen LogP) is 4.64. The van der Waals surface area contributed by atoms with Crippen molar-refractivity contribution in [2.24, 2.45) is 5.73 Å². The second kappa shape index (κ2) is 8.71. The molecular weight excluding hydrogens is 364 g/mol. The Bertz CT molecular complexity index is 843. The van der Waals surface area contributed by atoms with Crippen LogP contribution in [0.4, 0.5) is 0 Å². The maximum absolute atomic E-state index is 6.49. The minimum Gasteiger partial charge on any atom is -0.321 e. The Morgan fingerprint density at radius 2 is 1.69 bits per heavy atom. The molecule has 0 amide bonds. The molecule has 0 aliphatic rings. The highest BCUT2D eigenvalue weighted by atomic mass is 35.5. The molecule has 1 aromatic heterocycles. The van der Waals surface area contributed by atoms with E-state index in [1.54, 1.807) is 11.8 Å². The first-order valence-corrected chi connectivity index (χ1v) is 10.0. The molecule has 4 nitrogen and oxygen atoms in total. The lowest BCUT2D eigenvalue weighted by molar-refractivity contribution is 0.588. The molecule has 0 bridgehead atoms. The molecule has 0 radical (unpaired) electrons. The van der Waals surface area contributed by atoms with Crippen LogP contribution in [0.1, 0.15) is 35.5 Å². The maximum Gasteiger partial charge on any atom is 0.191 e. The van der Waals surface area contributed by atoms with Crippen LogP contribution in [0.15, 0.2) is 53.7 Å². The fourth-order valence-corrected chi connectivity index (χ4v) is 3.60. The highest BCUT2D eigenvalue weighted by Crippen LogP contribution is 2.23. The van der Waals surface area contributed by atoms with E-state index in [2.05, 4.69) is 52.9 Å². The molecule has 1 unspecified atom stereocenters. The summed E-state index contributed by atoms with van der Waals surface area (Å²) in [7, 11) is 0. The zero-order valence-electron chi connectivity index (χ0n) is 15.0. The van der Waals surface area contributed by atoms with Crippen LogP contribution in [0.5, 0.6) is 0 Å². The van der Waals surface area contributed by atoms with E-state index in [0.717, 1.165) is 33.9 Å². The molecule has 1 heterocycles. The number of nitrogens with two attached hydrogens (primary N) is 1. The average molecular weight is 387 g/mol. The van der Waals surface area contributed by atoms with Gasteiger partial charge in [-0.1, -0.05) is 72.2 Å². The summed E-state index contributed by atoms with van der Waals surface area (Å²) < 4.78 is 2.14. The number of rotatable bonds is 7. The van der Waals surface area contributed by atoms with E-state index in [-0.39, 0.29) is 6.04 Å². The summed E-state index contributed by atoms with van der Waals surface area (Å²) >= 11 is 7.66. The Morgan fingerprint density at radius 3 is 2.35 bits per heavy atom. The lowest BCUT2D eigenvalue weighted by Gasteiger charge is -2.15. The quantitative estimate of drug-likeness (QED) is 0.601. The van der Waals surface area contributed by atoms with Gasteiger partial charge in [0.1, 0.15) is 0 Å². The molecule has 2 N–H and O–H groups in total. The summed E-state index contributed by atoms with van der Waals surface area (Å²) in [5, 5.41) is 10.4. The SMILES string of the molecule is CCSc1nnc(C(N)Cc2ccc(Cl)cc2)n1Cc1ccc(C)cc1. The highest BCUT2D eigenvalue weighted by Gasteiger charge is 2.19. The molecule has 0 fully saturated rings. The van der Waals surface area contributed by atoms with Crippen molar-refractivity contribution < 1.29 is 0 Å². The largest absolute Gasteiger partial charge is 0.321 e. The fourth-order valence-electron chi connectivity index (χ4n) is 2.80. The number of thioether (sulfide) groups is 1. The van der Waals surface area contributed by atoms with Gasteiger partial charge < -0.3 is 10.3 Å². The van der Waals surface area contributed by atoms with Crippen LogP contribution in [-0.4, -0.2) is 20.5 Å². The maximum atomic E-state index is 6.49. The van der Waals surface area contributed by atoms with E-state index in [4.69, 9.17) is 17.3 Å². The Hall–Kier alpha value is -1.82. The van der Waals surface area contributed by atoms with Crippen LogP contribution in [0.25, 0.3) is 0 Å². The van der Waals surface area contributed by atoms with E-state index >= 15 is 0 Å². The topological polar surface area (TPSA) is 56.7 Å². The van der Waals surface area contributed by atoms with Gasteiger partial charge in [-0.3, -0.25) is 0 Å². The smallest absolute Gasteiger partial charge is 0.191 e. The molecule has 2 aromatic carbocycles. The summed E-state index contributed by atoms with van der Waals surface area (Å²) in [6.07, 6.45) is 0.694. The van der Waals surface area contributed by atoms with Crippen LogP contribution in [0.3, 0.4) is 0 Å². The molecule has 0 spiro atoms. The third-order valence-corrected chi connectivity index (χ3v) is 5.28. The third-order valence-electron chi connectivity index (χ3n) is 4.18. The van der Waals surface area contributed by atoms with Crippen molar-refractivity contribution in [3.8, 4) is 0 Å². The molecule has 6 heteroatoms. The minimum atomic E-state index is -0.222. The number of aromatic nitrogens is 3. The Kier molecular flexibility index (Phi) is 6.35. The van der Waals surface area contributed by atoms with Crippen molar-refractivity contribution in [3.63, 3.8) is 0 Å². The molecule has 0 aliphatic heterocycles. The van der Waals surface area contributed by atoms with Crippen LogP contribution in [-0.2, 0) is 13.0 Å². The Balaban J connectivity index is 1.85. The molecule has 0 aliphatic carbocycles. The van der Waals surface area contributed by atoms with Gasteiger partial charge in [-0.25, -0.2) is 0 Å². The average Bonchev–Trinajstić information content (AvgIpc) is 3.02. The van der Waals surface area contributed by atoms with Gasteiger partial charge in [0.05, 0.1) is 12.6 Å². The number of hydrogen-bond donors (Lipinski definition) is 1. The van der Waals surface area contributed by atoms with Crippen molar-refractivity contribution in [2.75, 3.05) is 5.75 Å². The molecule has 26 heavy (non-hydrogen) atoms. The van der Waals surface area contributed by atoms with Crippen molar-refractivity contribution >= 4 is 23.4 Å². The Morgan fingerprint density at radius 1 is 1.04 bits per heavy atom. The van der Waals surface area contributed by atoms with Crippen molar-refractivity contribution in [1.29, 1.82) is 0 Å². The molecule has 0 saturated heterocycles. The van der Waals surface area contributed by atoms with Gasteiger partial charge in [0.25, 0.3) is 0 Å². The number of benzene rings is 2. The highest BCUT2D eigenvalue weighted by molar-refractivity contribution is 7.99. The summed E-state index contributed by atoms with van der Waals surface area (Å²) in [4.78, 5) is 0. The van der Waals surface area contributed by atoms with Crippen molar-refractivity contribution in [3.05, 3.63) is 76.1 Å². The summed E-state index contributed by atoms with van der Waals surface area (Å²) in [5.41, 5.74) is 10.1. The molecular formula is C20H23ClN4S. The van der Waals surface area contributed by atoms with Crippen molar-refractivity contribution in [2.45, 2.75) is 38.0 Å². The first kappa shape index (κ1) is 19.0. The number of halogens is 1. The monoisotopic (exact) mass is 386 g/mol. The van der Waals surface area contributed by atoms with Crippen molar-refractivity contribution in [1.82, 2.24) is 14.8 Å². The van der Waals surface area contributed by atoms with E-state index in [9.17, 15) is 0 Å². The van der Waals surface area contributed by atoms with E-state index in [0.29, 0.717) is 6.42 Å². The lowest BCUT2D eigenvalue weighted by atomic mass is 10.1. The molecule has 1 atom stereocenters. The second-order valence-corrected chi connectivity index (χ2v) is 7.95. The number of hydrogen-bond acceptors (Lipinski definition) is 4. The molecule has 3 aromatic rings. The van der Waals surface area contributed by atoms with Crippen LogP contribution < -0.4 is 5.73 Å². The van der Waals surface area contributed by atoms with Gasteiger partial charge in [0.2, 0.25) is 0 Å². The molecule has 136 valence electrons. The minimum absolute atomic E-state index is 0.222. The first-order valence-electron chi connectivity index (χ1n) is 8.68. The first-order chi connectivity index (χ1) is 12.6. The summed E-state index contributed by atoms with van der Waals surface area (Å²) in [5.74, 6) is 1.76. The lowest BCUT2D eigenvalue weighted by Crippen LogP contribution is -2.20. The van der Waals surface area contributed by atoms with Gasteiger partial charge >= 0.3 is 0 Å². The van der Waals surface area contributed by atoms with E-state index in [1.165, 1.54) is 11.1 Å². The standard InChI is InChI=1S/C20H23ClN4S/c1-3-26-20-24-23-19(18(22)12-15-8-10-17(21)11-9-15)25(20)13-16-6-4-14(2)5-7-16/h4-11,18H,3,12-13,22H2,1-2H3. The number of aryl methyl sites for hydroxylation is 1. The molecule has 0 saturated carbocycles. The fraction of sp³-hybridized carbons (Fsp3) is 0.300. The third kappa shape index (κ3) is 4.67. The number of nitrogens with zero attached hydrogens (tertiary/aromatic N) is 3. The van der Waals surface area contributed by atoms with Crippen LogP contribution in [0.2, 0.25) is 5.02 Å². The van der Waals surface area contributed by atoms with Gasteiger partial charge in [0, 0.05) is 5.02 Å². The zero-order chi connectivity index (χ0) is 18.5. The van der Waals surface area contributed by atoms with E-state index in [1.807, 2.05) is 24.3 Å². The van der Waals surface area contributed by atoms with Gasteiger partial charge in [-0.15, -0.1) is 10.2 Å². The predicted molar refractivity (Wildman–Crippen MR) is 109 cm³/mol.